The second-order valence-electron chi connectivity index (χ2n) is 5.52. The first kappa shape index (κ1) is 14.5. The van der Waals surface area contributed by atoms with Crippen molar-refractivity contribution >= 4 is 0 Å². The Morgan fingerprint density at radius 2 is 2.05 bits per heavy atom. The molecule has 1 aromatic carbocycles. The van der Waals surface area contributed by atoms with E-state index >= 15 is 0 Å². The molecule has 0 saturated carbocycles. The van der Waals surface area contributed by atoms with E-state index < -0.39 is 6.10 Å². The number of hydrogen-bond acceptors (Lipinski definition) is 3. The summed E-state index contributed by atoms with van der Waals surface area (Å²) in [5.41, 5.74) is 0.978. The summed E-state index contributed by atoms with van der Waals surface area (Å²) in [6.45, 7) is 3.85. The van der Waals surface area contributed by atoms with Gasteiger partial charge in [0.1, 0.15) is 0 Å². The molecule has 3 heteroatoms. The van der Waals surface area contributed by atoms with Crippen molar-refractivity contribution in [1.29, 1.82) is 0 Å². The van der Waals surface area contributed by atoms with Gasteiger partial charge in [0.25, 0.3) is 0 Å². The van der Waals surface area contributed by atoms with Gasteiger partial charge in [0.15, 0.2) is 0 Å². The van der Waals surface area contributed by atoms with E-state index in [4.69, 9.17) is 4.74 Å². The van der Waals surface area contributed by atoms with Crippen LogP contribution in [0.15, 0.2) is 30.3 Å². The minimum Gasteiger partial charge on any atom is -0.387 e. The minimum atomic E-state index is -0.449. The average Bonchev–Trinajstić information content (AvgIpc) is 2.47. The molecule has 1 aromatic rings. The summed E-state index contributed by atoms with van der Waals surface area (Å²) >= 11 is 0. The maximum Gasteiger partial charge on any atom is 0.0942 e. The lowest BCUT2D eigenvalue weighted by molar-refractivity contribution is -0.0208. The van der Waals surface area contributed by atoms with Crippen LogP contribution in [-0.2, 0) is 4.74 Å². The van der Waals surface area contributed by atoms with Crippen LogP contribution in [0.5, 0.6) is 0 Å². The number of ether oxygens (including phenoxy) is 1. The zero-order valence-electron chi connectivity index (χ0n) is 12.0. The number of benzene rings is 1. The van der Waals surface area contributed by atoms with E-state index in [0.717, 1.165) is 25.1 Å². The van der Waals surface area contributed by atoms with Gasteiger partial charge in [-0.05, 0) is 38.8 Å². The van der Waals surface area contributed by atoms with Crippen molar-refractivity contribution < 1.29 is 9.84 Å². The number of nitrogens with zero attached hydrogens (tertiary/aromatic N) is 1. The van der Waals surface area contributed by atoms with E-state index in [1.807, 2.05) is 30.3 Å². The Balaban J connectivity index is 1.89. The van der Waals surface area contributed by atoms with Crippen LogP contribution in [-0.4, -0.2) is 42.4 Å². The van der Waals surface area contributed by atoms with Crippen molar-refractivity contribution in [3.8, 4) is 0 Å². The second kappa shape index (κ2) is 7.04. The lowest BCUT2D eigenvalue weighted by atomic mass is 10.0. The van der Waals surface area contributed by atoms with Crippen molar-refractivity contribution in [3.63, 3.8) is 0 Å². The van der Waals surface area contributed by atoms with Crippen LogP contribution >= 0.6 is 0 Å². The summed E-state index contributed by atoms with van der Waals surface area (Å²) in [6.07, 6.45) is 3.45. The Bertz CT molecular complexity index is 362. The van der Waals surface area contributed by atoms with Crippen molar-refractivity contribution in [2.45, 2.75) is 44.4 Å². The van der Waals surface area contributed by atoms with Crippen molar-refractivity contribution in [3.05, 3.63) is 35.9 Å². The summed E-state index contributed by atoms with van der Waals surface area (Å²) in [4.78, 5) is 2.20. The summed E-state index contributed by atoms with van der Waals surface area (Å²) in [5, 5.41) is 10.4. The number of aliphatic hydroxyl groups excluding tert-OH is 1. The molecule has 0 bridgehead atoms. The predicted molar refractivity (Wildman–Crippen MR) is 77.1 cm³/mol. The van der Waals surface area contributed by atoms with E-state index in [1.165, 1.54) is 12.8 Å². The van der Waals surface area contributed by atoms with Gasteiger partial charge in [0, 0.05) is 19.2 Å². The Labute approximate surface area is 116 Å². The van der Waals surface area contributed by atoms with Gasteiger partial charge < -0.3 is 9.84 Å². The fourth-order valence-electron chi connectivity index (χ4n) is 2.61. The second-order valence-corrected chi connectivity index (χ2v) is 5.52. The number of aliphatic hydroxyl groups is 1. The molecule has 1 aliphatic rings. The zero-order valence-corrected chi connectivity index (χ0v) is 12.0. The maximum atomic E-state index is 10.4. The third-order valence-corrected chi connectivity index (χ3v) is 4.06. The molecular formula is C16H25NO2. The first-order valence-electron chi connectivity index (χ1n) is 7.23. The lowest BCUT2D eigenvalue weighted by Crippen LogP contribution is -2.41. The smallest absolute Gasteiger partial charge is 0.0942 e. The molecule has 3 unspecified atom stereocenters. The van der Waals surface area contributed by atoms with Gasteiger partial charge in [-0.25, -0.2) is 0 Å². The molecule has 19 heavy (non-hydrogen) atoms. The van der Waals surface area contributed by atoms with Gasteiger partial charge in [-0.15, -0.1) is 0 Å². The quantitative estimate of drug-likeness (QED) is 0.886. The molecule has 106 valence electrons. The third-order valence-electron chi connectivity index (χ3n) is 4.06. The first-order valence-corrected chi connectivity index (χ1v) is 7.23. The minimum absolute atomic E-state index is 0.0907. The molecule has 0 radical (unpaired) electrons. The Morgan fingerprint density at radius 3 is 2.68 bits per heavy atom. The molecular weight excluding hydrogens is 238 g/mol. The van der Waals surface area contributed by atoms with Gasteiger partial charge in [0.2, 0.25) is 0 Å². The standard InChI is InChI=1S/C16H25NO2/c1-13(16(18)14-8-4-3-5-9-14)17(2)12-15-10-6-7-11-19-15/h3-5,8-9,13,15-16,18H,6-7,10-12H2,1-2H3. The fraction of sp³-hybridized carbons (Fsp3) is 0.625. The number of hydrogen-bond donors (Lipinski definition) is 1. The maximum absolute atomic E-state index is 10.4. The number of likely N-dealkylation sites (N-methyl/N-ethyl adjacent to an activating group) is 1. The predicted octanol–water partition coefficient (Wildman–Crippen LogP) is 2.61. The van der Waals surface area contributed by atoms with Crippen molar-refractivity contribution in [2.24, 2.45) is 0 Å². The molecule has 0 aromatic heterocycles. The van der Waals surface area contributed by atoms with Crippen LogP contribution in [0.1, 0.15) is 37.9 Å². The SMILES string of the molecule is CC(C(O)c1ccccc1)N(C)CC1CCCCO1. The summed E-state index contributed by atoms with van der Waals surface area (Å²) in [5.74, 6) is 0. The molecule has 1 aliphatic heterocycles. The average molecular weight is 263 g/mol. The highest BCUT2D eigenvalue weighted by Gasteiger charge is 2.23. The van der Waals surface area contributed by atoms with Crippen LogP contribution in [0, 0.1) is 0 Å². The Kier molecular flexibility index (Phi) is 5.37. The molecule has 2 rings (SSSR count). The van der Waals surface area contributed by atoms with E-state index in [-0.39, 0.29) is 6.04 Å². The lowest BCUT2D eigenvalue weighted by Gasteiger charge is -2.33. The van der Waals surface area contributed by atoms with Gasteiger partial charge in [0.05, 0.1) is 12.2 Å². The van der Waals surface area contributed by atoms with Gasteiger partial charge in [-0.1, -0.05) is 30.3 Å². The molecule has 1 fully saturated rings. The zero-order chi connectivity index (χ0) is 13.7. The molecule has 0 amide bonds. The van der Waals surface area contributed by atoms with Crippen LogP contribution < -0.4 is 0 Å². The monoisotopic (exact) mass is 263 g/mol. The Morgan fingerprint density at radius 1 is 1.32 bits per heavy atom. The van der Waals surface area contributed by atoms with Crippen LogP contribution in [0.3, 0.4) is 0 Å². The molecule has 3 atom stereocenters. The molecule has 0 aliphatic carbocycles. The fourth-order valence-corrected chi connectivity index (χ4v) is 2.61. The van der Waals surface area contributed by atoms with Crippen LogP contribution in [0.25, 0.3) is 0 Å². The van der Waals surface area contributed by atoms with Crippen LogP contribution in [0.4, 0.5) is 0 Å². The first-order chi connectivity index (χ1) is 9.18. The van der Waals surface area contributed by atoms with Crippen LogP contribution in [0.2, 0.25) is 0 Å². The van der Waals surface area contributed by atoms with E-state index in [9.17, 15) is 5.11 Å². The van der Waals surface area contributed by atoms with Gasteiger partial charge >= 0.3 is 0 Å². The summed E-state index contributed by atoms with van der Waals surface area (Å²) < 4.78 is 5.76. The van der Waals surface area contributed by atoms with E-state index in [0.29, 0.717) is 6.10 Å². The largest absolute Gasteiger partial charge is 0.387 e. The molecule has 1 N–H and O–H groups in total. The molecule has 0 spiro atoms. The normalized spacial score (nSPS) is 23.3. The van der Waals surface area contributed by atoms with Gasteiger partial charge in [-0.3, -0.25) is 4.90 Å². The highest BCUT2D eigenvalue weighted by Crippen LogP contribution is 2.21. The van der Waals surface area contributed by atoms with E-state index in [2.05, 4.69) is 18.9 Å². The highest BCUT2D eigenvalue weighted by molar-refractivity contribution is 5.18. The summed E-state index contributed by atoms with van der Waals surface area (Å²) in [6, 6.07) is 9.96. The Hall–Kier alpha value is -0.900. The summed E-state index contributed by atoms with van der Waals surface area (Å²) in [7, 11) is 2.06. The van der Waals surface area contributed by atoms with E-state index in [1.54, 1.807) is 0 Å². The van der Waals surface area contributed by atoms with Crippen molar-refractivity contribution in [2.75, 3.05) is 20.2 Å². The molecule has 1 saturated heterocycles. The topological polar surface area (TPSA) is 32.7 Å². The third kappa shape index (κ3) is 4.03. The number of rotatable bonds is 5. The molecule has 1 heterocycles. The molecule has 3 nitrogen and oxygen atoms in total. The van der Waals surface area contributed by atoms with Crippen molar-refractivity contribution in [1.82, 2.24) is 4.90 Å². The van der Waals surface area contributed by atoms with Gasteiger partial charge in [-0.2, -0.15) is 0 Å². The highest BCUT2D eigenvalue weighted by atomic mass is 16.5.